The van der Waals surface area contributed by atoms with Crippen LogP contribution in [0, 0.1) is 0 Å². The molecule has 2 rings (SSSR count). The highest BCUT2D eigenvalue weighted by atomic mass is 19.1. The Morgan fingerprint density at radius 1 is 1.25 bits per heavy atom. The van der Waals surface area contributed by atoms with E-state index >= 15 is 0 Å². The first-order chi connectivity index (χ1) is 7.52. The summed E-state index contributed by atoms with van der Waals surface area (Å²) < 4.78 is 24.7. The smallest absolute Gasteiger partial charge is 0.161 e. The van der Waals surface area contributed by atoms with Crippen molar-refractivity contribution in [2.75, 3.05) is 13.2 Å². The Bertz CT molecular complexity index is 396. The van der Waals surface area contributed by atoms with Gasteiger partial charge in [0.2, 0.25) is 0 Å². The van der Waals surface area contributed by atoms with E-state index in [1.54, 1.807) is 12.1 Å². The molecule has 0 fully saturated rings. The number of alkyl halides is 1. The number of hydrogen-bond donors (Lipinski definition) is 1. The summed E-state index contributed by atoms with van der Waals surface area (Å²) in [6.07, 6.45) is 0. The van der Waals surface area contributed by atoms with Gasteiger partial charge in [-0.2, -0.15) is 0 Å². The largest absolute Gasteiger partial charge is 0.486 e. The second-order valence-corrected chi connectivity index (χ2v) is 4.28. The van der Waals surface area contributed by atoms with Gasteiger partial charge in [-0.25, -0.2) is 4.39 Å². The first kappa shape index (κ1) is 11.2. The van der Waals surface area contributed by atoms with Gasteiger partial charge in [-0.3, -0.25) is 0 Å². The molecule has 4 heteroatoms. The fourth-order valence-electron chi connectivity index (χ4n) is 1.82. The van der Waals surface area contributed by atoms with Crippen molar-refractivity contribution in [2.24, 2.45) is 0 Å². The van der Waals surface area contributed by atoms with Gasteiger partial charge in [0.25, 0.3) is 0 Å². The standard InChI is InChI=1S/C12H15FO3/c1-12(2,13)9-6-11-10(5-8(9)7-14)15-3-4-16-11/h5-6,14H,3-4,7H2,1-2H3. The molecule has 0 radical (unpaired) electrons. The summed E-state index contributed by atoms with van der Waals surface area (Å²) in [5.41, 5.74) is -0.524. The Morgan fingerprint density at radius 3 is 2.31 bits per heavy atom. The van der Waals surface area contributed by atoms with Gasteiger partial charge in [0.05, 0.1) is 6.61 Å². The van der Waals surface area contributed by atoms with Crippen LogP contribution in [0.5, 0.6) is 11.5 Å². The SMILES string of the molecule is CC(C)(F)c1cc2c(cc1CO)OCCO2. The minimum atomic E-state index is -1.51. The maximum atomic E-state index is 13.9. The fourth-order valence-corrected chi connectivity index (χ4v) is 1.82. The Balaban J connectivity index is 2.52. The summed E-state index contributed by atoms with van der Waals surface area (Å²) in [5, 5.41) is 9.22. The lowest BCUT2D eigenvalue weighted by Crippen LogP contribution is -2.18. The van der Waals surface area contributed by atoms with Crippen LogP contribution in [0.15, 0.2) is 12.1 Å². The topological polar surface area (TPSA) is 38.7 Å². The molecule has 1 aliphatic heterocycles. The monoisotopic (exact) mass is 226 g/mol. The average molecular weight is 226 g/mol. The summed E-state index contributed by atoms with van der Waals surface area (Å²) in [7, 11) is 0. The highest BCUT2D eigenvalue weighted by Gasteiger charge is 2.25. The molecular weight excluding hydrogens is 211 g/mol. The Kier molecular flexibility index (Phi) is 2.76. The van der Waals surface area contributed by atoms with Gasteiger partial charge in [0, 0.05) is 0 Å². The third-order valence-corrected chi connectivity index (χ3v) is 2.58. The first-order valence-electron chi connectivity index (χ1n) is 5.25. The van der Waals surface area contributed by atoms with Crippen LogP contribution in [0.25, 0.3) is 0 Å². The van der Waals surface area contributed by atoms with Crippen molar-refractivity contribution in [3.05, 3.63) is 23.3 Å². The highest BCUT2D eigenvalue weighted by Crippen LogP contribution is 2.38. The lowest BCUT2D eigenvalue weighted by atomic mass is 9.94. The van der Waals surface area contributed by atoms with Crippen molar-refractivity contribution in [2.45, 2.75) is 26.1 Å². The predicted octanol–water partition coefficient (Wildman–Crippen LogP) is 2.15. The number of hydrogen-bond acceptors (Lipinski definition) is 3. The van der Waals surface area contributed by atoms with Gasteiger partial charge in [0.1, 0.15) is 18.9 Å². The molecule has 16 heavy (non-hydrogen) atoms. The molecule has 1 heterocycles. The van der Waals surface area contributed by atoms with Crippen molar-refractivity contribution in [3.8, 4) is 11.5 Å². The fraction of sp³-hybridized carbons (Fsp3) is 0.500. The zero-order valence-corrected chi connectivity index (χ0v) is 9.42. The van der Waals surface area contributed by atoms with Crippen molar-refractivity contribution < 1.29 is 19.0 Å². The van der Waals surface area contributed by atoms with E-state index in [1.807, 2.05) is 0 Å². The molecule has 1 aromatic rings. The number of fused-ring (bicyclic) bond motifs is 1. The van der Waals surface area contributed by atoms with Crippen molar-refractivity contribution in [1.82, 2.24) is 0 Å². The summed E-state index contributed by atoms with van der Waals surface area (Å²) in [5.74, 6) is 1.12. The molecule has 88 valence electrons. The van der Waals surface area contributed by atoms with Crippen LogP contribution in [0.2, 0.25) is 0 Å². The van der Waals surface area contributed by atoms with E-state index in [9.17, 15) is 9.50 Å². The quantitative estimate of drug-likeness (QED) is 0.839. The van der Waals surface area contributed by atoms with Gasteiger partial charge in [0.15, 0.2) is 11.5 Å². The van der Waals surface area contributed by atoms with Crippen LogP contribution in [0.1, 0.15) is 25.0 Å². The van der Waals surface area contributed by atoms with E-state index in [0.717, 1.165) is 0 Å². The summed E-state index contributed by atoms with van der Waals surface area (Å²) in [4.78, 5) is 0. The average Bonchev–Trinajstić information content (AvgIpc) is 2.26. The van der Waals surface area contributed by atoms with Crippen molar-refractivity contribution in [1.29, 1.82) is 0 Å². The van der Waals surface area contributed by atoms with Crippen LogP contribution >= 0.6 is 0 Å². The van der Waals surface area contributed by atoms with Crippen LogP contribution in [-0.4, -0.2) is 18.3 Å². The number of halogens is 1. The van der Waals surface area contributed by atoms with E-state index in [1.165, 1.54) is 13.8 Å². The molecule has 1 N–H and O–H groups in total. The second-order valence-electron chi connectivity index (χ2n) is 4.28. The predicted molar refractivity (Wildman–Crippen MR) is 57.5 cm³/mol. The summed E-state index contributed by atoms with van der Waals surface area (Å²) in [6.45, 7) is 3.66. The Morgan fingerprint density at radius 2 is 1.81 bits per heavy atom. The molecule has 1 aromatic carbocycles. The number of rotatable bonds is 2. The maximum absolute atomic E-state index is 13.9. The number of aliphatic hydroxyl groups excluding tert-OH is 1. The third kappa shape index (κ3) is 1.97. The van der Waals surface area contributed by atoms with Gasteiger partial charge < -0.3 is 14.6 Å². The highest BCUT2D eigenvalue weighted by molar-refractivity contribution is 5.49. The van der Waals surface area contributed by atoms with Gasteiger partial charge in [-0.1, -0.05) is 0 Å². The van der Waals surface area contributed by atoms with E-state index < -0.39 is 5.67 Å². The second kappa shape index (κ2) is 3.94. The zero-order valence-electron chi connectivity index (χ0n) is 9.42. The van der Waals surface area contributed by atoms with Crippen molar-refractivity contribution in [3.63, 3.8) is 0 Å². The summed E-state index contributed by atoms with van der Waals surface area (Å²) >= 11 is 0. The van der Waals surface area contributed by atoms with Crippen LogP contribution in [0.4, 0.5) is 4.39 Å². The molecular formula is C12H15FO3. The van der Waals surface area contributed by atoms with E-state index in [0.29, 0.717) is 35.8 Å². The molecule has 0 saturated heterocycles. The molecule has 0 spiro atoms. The van der Waals surface area contributed by atoms with Crippen LogP contribution < -0.4 is 9.47 Å². The Labute approximate surface area is 93.8 Å². The molecule has 0 aliphatic carbocycles. The van der Waals surface area contributed by atoms with Gasteiger partial charge >= 0.3 is 0 Å². The number of aliphatic hydroxyl groups is 1. The lowest BCUT2D eigenvalue weighted by molar-refractivity contribution is 0.167. The van der Waals surface area contributed by atoms with Crippen LogP contribution in [-0.2, 0) is 12.3 Å². The zero-order chi connectivity index (χ0) is 11.8. The van der Waals surface area contributed by atoms with E-state index in [4.69, 9.17) is 9.47 Å². The number of ether oxygens (including phenoxy) is 2. The Hall–Kier alpha value is -1.29. The van der Waals surface area contributed by atoms with Gasteiger partial charge in [-0.15, -0.1) is 0 Å². The molecule has 0 bridgehead atoms. The lowest BCUT2D eigenvalue weighted by Gasteiger charge is -2.24. The summed E-state index contributed by atoms with van der Waals surface area (Å²) in [6, 6.07) is 3.26. The normalized spacial score (nSPS) is 15.0. The first-order valence-corrected chi connectivity index (χ1v) is 5.25. The maximum Gasteiger partial charge on any atom is 0.161 e. The molecule has 0 unspecified atom stereocenters. The molecule has 3 nitrogen and oxygen atoms in total. The number of benzene rings is 1. The molecule has 1 aliphatic rings. The minimum absolute atomic E-state index is 0.209. The molecule has 0 atom stereocenters. The molecule has 0 saturated carbocycles. The van der Waals surface area contributed by atoms with Crippen molar-refractivity contribution >= 4 is 0 Å². The van der Waals surface area contributed by atoms with Crippen LogP contribution in [0.3, 0.4) is 0 Å². The minimum Gasteiger partial charge on any atom is -0.486 e. The molecule has 0 amide bonds. The molecule has 0 aromatic heterocycles. The van der Waals surface area contributed by atoms with E-state index in [-0.39, 0.29) is 6.61 Å². The van der Waals surface area contributed by atoms with E-state index in [2.05, 4.69) is 0 Å². The van der Waals surface area contributed by atoms with Gasteiger partial charge in [-0.05, 0) is 37.1 Å². The third-order valence-electron chi connectivity index (χ3n) is 2.58.